The minimum Gasteiger partial charge on any atom is -0.392 e. The van der Waals surface area contributed by atoms with Crippen LogP contribution in [0.5, 0.6) is 0 Å². The first kappa shape index (κ1) is 8.01. The normalized spacial score (nSPS) is 12.1. The second-order valence-electron chi connectivity index (χ2n) is 2.53. The summed E-state index contributed by atoms with van der Waals surface area (Å²) in [5.74, 6) is 0. The molecular weight excluding hydrogens is 140 g/mol. The third-order valence-corrected chi connectivity index (χ3v) is 1.50. The molecule has 0 bridgehead atoms. The summed E-state index contributed by atoms with van der Waals surface area (Å²) >= 11 is 0. The summed E-state index contributed by atoms with van der Waals surface area (Å²) < 4.78 is 1.76. The van der Waals surface area contributed by atoms with Crippen LogP contribution >= 0.6 is 0 Å². The van der Waals surface area contributed by atoms with E-state index in [1.807, 2.05) is 26.1 Å². The molecule has 0 aromatic carbocycles. The molecule has 3 nitrogen and oxygen atoms in total. The fourth-order valence-electron chi connectivity index (χ4n) is 0.824. The highest BCUT2D eigenvalue weighted by Crippen LogP contribution is 2.03. The van der Waals surface area contributed by atoms with E-state index in [0.29, 0.717) is 0 Å². The summed E-state index contributed by atoms with van der Waals surface area (Å²) in [6.45, 7) is 1.98. The van der Waals surface area contributed by atoms with Gasteiger partial charge in [0, 0.05) is 13.2 Å². The van der Waals surface area contributed by atoms with Gasteiger partial charge in [-0.25, -0.2) is 0 Å². The van der Waals surface area contributed by atoms with Crippen molar-refractivity contribution in [2.75, 3.05) is 6.61 Å². The Hall–Kier alpha value is -1.09. The third kappa shape index (κ3) is 1.91. The van der Waals surface area contributed by atoms with Crippen molar-refractivity contribution in [3.63, 3.8) is 0 Å². The number of aliphatic hydroxyl groups is 1. The number of hydrogen-bond donors (Lipinski definition) is 1. The molecule has 1 rings (SSSR count). The van der Waals surface area contributed by atoms with E-state index in [-0.39, 0.29) is 6.61 Å². The van der Waals surface area contributed by atoms with E-state index in [1.54, 1.807) is 10.9 Å². The van der Waals surface area contributed by atoms with E-state index in [2.05, 4.69) is 5.10 Å². The minimum atomic E-state index is 0.102. The van der Waals surface area contributed by atoms with Crippen LogP contribution in [-0.4, -0.2) is 21.5 Å². The van der Waals surface area contributed by atoms with Crippen LogP contribution in [-0.2, 0) is 7.05 Å². The standard InChI is InChI=1S/C8H12N2O/c1-7(6-11)5-8-3-4-9-10(8)2/h3-5,11H,6H2,1-2H3/b7-5+. The Morgan fingerprint density at radius 2 is 2.55 bits per heavy atom. The predicted octanol–water partition coefficient (Wildman–Crippen LogP) is 0.816. The molecule has 0 saturated carbocycles. The van der Waals surface area contributed by atoms with E-state index in [4.69, 9.17) is 5.11 Å². The fraction of sp³-hybridized carbons (Fsp3) is 0.375. The molecular formula is C8H12N2O. The number of hydrogen-bond acceptors (Lipinski definition) is 2. The topological polar surface area (TPSA) is 38.0 Å². The van der Waals surface area contributed by atoms with Crippen LogP contribution in [0, 0.1) is 0 Å². The molecule has 0 unspecified atom stereocenters. The van der Waals surface area contributed by atoms with Crippen LogP contribution in [0.3, 0.4) is 0 Å². The van der Waals surface area contributed by atoms with Gasteiger partial charge in [-0.15, -0.1) is 0 Å². The van der Waals surface area contributed by atoms with Crippen LogP contribution in [0.15, 0.2) is 17.8 Å². The lowest BCUT2D eigenvalue weighted by molar-refractivity contribution is 0.332. The Morgan fingerprint density at radius 1 is 1.82 bits per heavy atom. The predicted molar refractivity (Wildman–Crippen MR) is 43.9 cm³/mol. The van der Waals surface area contributed by atoms with Gasteiger partial charge in [-0.05, 0) is 24.6 Å². The number of aromatic nitrogens is 2. The maximum Gasteiger partial charge on any atom is 0.0642 e. The van der Waals surface area contributed by atoms with E-state index in [9.17, 15) is 0 Å². The molecule has 11 heavy (non-hydrogen) atoms. The molecule has 60 valence electrons. The molecule has 0 spiro atoms. The Balaban J connectivity index is 2.86. The van der Waals surface area contributed by atoms with Gasteiger partial charge in [-0.1, -0.05) is 0 Å². The maximum atomic E-state index is 8.73. The van der Waals surface area contributed by atoms with Gasteiger partial charge in [0.1, 0.15) is 0 Å². The molecule has 0 radical (unpaired) electrons. The largest absolute Gasteiger partial charge is 0.392 e. The Bertz CT molecular complexity index is 263. The van der Waals surface area contributed by atoms with Gasteiger partial charge in [0.15, 0.2) is 0 Å². The Morgan fingerprint density at radius 3 is 3.00 bits per heavy atom. The summed E-state index contributed by atoms with van der Waals surface area (Å²) in [5.41, 5.74) is 1.95. The van der Waals surface area contributed by atoms with Gasteiger partial charge in [-0.3, -0.25) is 4.68 Å². The zero-order valence-electron chi connectivity index (χ0n) is 6.78. The van der Waals surface area contributed by atoms with E-state index in [1.165, 1.54) is 0 Å². The SMILES string of the molecule is C/C(=C\c1ccnn1C)CO. The third-order valence-electron chi connectivity index (χ3n) is 1.50. The minimum absolute atomic E-state index is 0.102. The molecule has 0 fully saturated rings. The highest BCUT2D eigenvalue weighted by atomic mass is 16.3. The highest BCUT2D eigenvalue weighted by molar-refractivity contribution is 5.48. The second kappa shape index (κ2) is 3.34. The molecule has 1 N–H and O–H groups in total. The summed E-state index contributed by atoms with van der Waals surface area (Å²) in [4.78, 5) is 0. The van der Waals surface area contributed by atoms with Gasteiger partial charge < -0.3 is 5.11 Å². The first-order valence-corrected chi connectivity index (χ1v) is 3.50. The van der Waals surface area contributed by atoms with Gasteiger partial charge in [0.2, 0.25) is 0 Å². The summed E-state index contributed by atoms with van der Waals surface area (Å²) in [6, 6.07) is 1.90. The van der Waals surface area contributed by atoms with Crippen molar-refractivity contribution in [1.82, 2.24) is 9.78 Å². The molecule has 0 aliphatic carbocycles. The number of aryl methyl sites for hydroxylation is 1. The van der Waals surface area contributed by atoms with Gasteiger partial charge in [-0.2, -0.15) is 5.10 Å². The van der Waals surface area contributed by atoms with Crippen molar-refractivity contribution < 1.29 is 5.11 Å². The van der Waals surface area contributed by atoms with Crippen molar-refractivity contribution in [3.05, 3.63) is 23.5 Å². The lowest BCUT2D eigenvalue weighted by Crippen LogP contribution is -1.93. The van der Waals surface area contributed by atoms with Crippen molar-refractivity contribution in [2.24, 2.45) is 7.05 Å². The van der Waals surface area contributed by atoms with Crippen molar-refractivity contribution in [2.45, 2.75) is 6.92 Å². The molecule has 0 aliphatic heterocycles. The van der Waals surface area contributed by atoms with Crippen molar-refractivity contribution in [3.8, 4) is 0 Å². The second-order valence-corrected chi connectivity index (χ2v) is 2.53. The number of nitrogens with zero attached hydrogens (tertiary/aromatic N) is 2. The van der Waals surface area contributed by atoms with Crippen LogP contribution in [0.2, 0.25) is 0 Å². The van der Waals surface area contributed by atoms with Gasteiger partial charge in [0.05, 0.1) is 12.3 Å². The first-order chi connectivity index (χ1) is 5.24. The monoisotopic (exact) mass is 152 g/mol. The van der Waals surface area contributed by atoms with Crippen LogP contribution < -0.4 is 0 Å². The van der Waals surface area contributed by atoms with Crippen molar-refractivity contribution in [1.29, 1.82) is 0 Å². The van der Waals surface area contributed by atoms with Crippen LogP contribution in [0.25, 0.3) is 6.08 Å². The lowest BCUT2D eigenvalue weighted by atomic mass is 10.2. The molecule has 3 heteroatoms. The zero-order chi connectivity index (χ0) is 8.27. The van der Waals surface area contributed by atoms with E-state index >= 15 is 0 Å². The van der Waals surface area contributed by atoms with Crippen LogP contribution in [0.1, 0.15) is 12.6 Å². The average Bonchev–Trinajstić information content (AvgIpc) is 2.37. The molecule has 1 aromatic rings. The molecule has 0 saturated heterocycles. The molecule has 1 aromatic heterocycles. The Kier molecular flexibility index (Phi) is 2.44. The van der Waals surface area contributed by atoms with Crippen molar-refractivity contribution >= 4 is 6.08 Å². The lowest BCUT2D eigenvalue weighted by Gasteiger charge is -1.96. The van der Waals surface area contributed by atoms with E-state index < -0.39 is 0 Å². The van der Waals surface area contributed by atoms with E-state index in [0.717, 1.165) is 11.3 Å². The smallest absolute Gasteiger partial charge is 0.0642 e. The highest BCUT2D eigenvalue weighted by Gasteiger charge is 1.93. The molecule has 0 amide bonds. The fourth-order valence-corrected chi connectivity index (χ4v) is 0.824. The maximum absolute atomic E-state index is 8.73. The van der Waals surface area contributed by atoms with Gasteiger partial charge >= 0.3 is 0 Å². The Labute approximate surface area is 66.0 Å². The number of aliphatic hydroxyl groups excluding tert-OH is 1. The first-order valence-electron chi connectivity index (χ1n) is 3.50. The van der Waals surface area contributed by atoms with Crippen LogP contribution in [0.4, 0.5) is 0 Å². The quantitative estimate of drug-likeness (QED) is 0.681. The zero-order valence-corrected chi connectivity index (χ0v) is 6.78. The molecule has 0 aliphatic rings. The molecule has 0 atom stereocenters. The summed E-state index contributed by atoms with van der Waals surface area (Å²) in [7, 11) is 1.87. The van der Waals surface area contributed by atoms with Gasteiger partial charge in [0.25, 0.3) is 0 Å². The summed E-state index contributed by atoms with van der Waals surface area (Å²) in [6.07, 6.45) is 3.64. The molecule has 1 heterocycles. The average molecular weight is 152 g/mol. The number of rotatable bonds is 2. The summed E-state index contributed by atoms with van der Waals surface area (Å²) in [5, 5.41) is 12.7.